The van der Waals surface area contributed by atoms with Crippen LogP contribution in [-0.2, 0) is 17.9 Å². The van der Waals surface area contributed by atoms with Gasteiger partial charge in [0.25, 0.3) is 0 Å². The number of ether oxygens (including phenoxy) is 1. The monoisotopic (exact) mass is 310 g/mol. The Kier molecular flexibility index (Phi) is 5.81. The van der Waals surface area contributed by atoms with E-state index in [4.69, 9.17) is 4.74 Å². The van der Waals surface area contributed by atoms with Crippen LogP contribution in [0.25, 0.3) is 0 Å². The fourth-order valence-corrected chi connectivity index (χ4v) is 3.41. The molecule has 120 valence electrons. The standard InChI is InChI=1S/C17H30N2OS/c1-12-6-7-15(8-13(12)2)20-10-14-11-21-16(19-14)9-18-17(3,4)5/h11-13,15,18H,6-10H2,1-5H3. The van der Waals surface area contributed by atoms with Gasteiger partial charge >= 0.3 is 0 Å². The summed E-state index contributed by atoms with van der Waals surface area (Å²) in [6.07, 6.45) is 4.12. The number of aromatic nitrogens is 1. The number of rotatable bonds is 5. The summed E-state index contributed by atoms with van der Waals surface area (Å²) in [4.78, 5) is 4.66. The SMILES string of the molecule is CC1CCC(OCc2csc(CNC(C)(C)C)n2)CC1C. The van der Waals surface area contributed by atoms with E-state index in [0.717, 1.165) is 29.1 Å². The van der Waals surface area contributed by atoms with E-state index in [1.54, 1.807) is 11.3 Å². The van der Waals surface area contributed by atoms with Crippen molar-refractivity contribution in [3.8, 4) is 0 Å². The topological polar surface area (TPSA) is 34.1 Å². The molecule has 1 fully saturated rings. The molecule has 0 amide bonds. The molecule has 0 radical (unpaired) electrons. The summed E-state index contributed by atoms with van der Waals surface area (Å²) in [5.74, 6) is 1.63. The van der Waals surface area contributed by atoms with E-state index in [-0.39, 0.29) is 5.54 Å². The van der Waals surface area contributed by atoms with E-state index in [1.807, 2.05) is 0 Å². The highest BCUT2D eigenvalue weighted by atomic mass is 32.1. The highest BCUT2D eigenvalue weighted by molar-refractivity contribution is 7.09. The van der Waals surface area contributed by atoms with Gasteiger partial charge in [0.15, 0.2) is 0 Å². The van der Waals surface area contributed by atoms with Gasteiger partial charge in [-0.3, -0.25) is 0 Å². The lowest BCUT2D eigenvalue weighted by Gasteiger charge is -2.31. The summed E-state index contributed by atoms with van der Waals surface area (Å²) in [6.45, 7) is 12.7. The molecule has 1 saturated carbocycles. The molecule has 0 aromatic carbocycles. The maximum absolute atomic E-state index is 6.07. The summed E-state index contributed by atoms with van der Waals surface area (Å²) in [5, 5.41) is 6.76. The van der Waals surface area contributed by atoms with E-state index >= 15 is 0 Å². The van der Waals surface area contributed by atoms with Crippen molar-refractivity contribution < 1.29 is 4.74 Å². The van der Waals surface area contributed by atoms with Crippen molar-refractivity contribution in [3.05, 3.63) is 16.1 Å². The van der Waals surface area contributed by atoms with Gasteiger partial charge in [-0.15, -0.1) is 11.3 Å². The van der Waals surface area contributed by atoms with Crippen molar-refractivity contribution in [3.63, 3.8) is 0 Å². The predicted molar refractivity (Wildman–Crippen MR) is 89.5 cm³/mol. The molecule has 1 heterocycles. The molecule has 4 heteroatoms. The highest BCUT2D eigenvalue weighted by Crippen LogP contribution is 2.31. The van der Waals surface area contributed by atoms with Gasteiger partial charge in [-0.05, 0) is 51.9 Å². The Morgan fingerprint density at radius 2 is 2.05 bits per heavy atom. The zero-order valence-corrected chi connectivity index (χ0v) is 14.9. The minimum Gasteiger partial charge on any atom is -0.372 e. The lowest BCUT2D eigenvalue weighted by molar-refractivity contribution is -0.00861. The number of hydrogen-bond acceptors (Lipinski definition) is 4. The second kappa shape index (κ2) is 7.21. The molecule has 3 unspecified atom stereocenters. The van der Waals surface area contributed by atoms with Crippen LogP contribution in [0.3, 0.4) is 0 Å². The largest absolute Gasteiger partial charge is 0.372 e. The summed E-state index contributed by atoms with van der Waals surface area (Å²) in [6, 6.07) is 0. The molecule has 1 aliphatic rings. The Bertz CT molecular complexity index is 438. The molecule has 0 aliphatic heterocycles. The first-order chi connectivity index (χ1) is 9.83. The van der Waals surface area contributed by atoms with Gasteiger partial charge in [0.1, 0.15) is 5.01 Å². The zero-order chi connectivity index (χ0) is 15.5. The van der Waals surface area contributed by atoms with E-state index in [9.17, 15) is 0 Å². The second-order valence-corrected chi connectivity index (χ2v) is 8.48. The van der Waals surface area contributed by atoms with Gasteiger partial charge in [-0.1, -0.05) is 13.8 Å². The molecule has 0 bridgehead atoms. The van der Waals surface area contributed by atoms with Crippen molar-refractivity contribution in [1.82, 2.24) is 10.3 Å². The van der Waals surface area contributed by atoms with Gasteiger partial charge in [0, 0.05) is 17.5 Å². The summed E-state index contributed by atoms with van der Waals surface area (Å²) in [5.41, 5.74) is 1.22. The van der Waals surface area contributed by atoms with E-state index in [0.29, 0.717) is 12.7 Å². The Labute approximate surface area is 133 Å². The van der Waals surface area contributed by atoms with Crippen molar-refractivity contribution in [1.29, 1.82) is 0 Å². The average molecular weight is 311 g/mol. The van der Waals surface area contributed by atoms with E-state index in [1.165, 1.54) is 19.3 Å². The fourth-order valence-electron chi connectivity index (χ4n) is 2.69. The fraction of sp³-hybridized carbons (Fsp3) is 0.824. The molecule has 1 aromatic rings. The van der Waals surface area contributed by atoms with Gasteiger partial charge < -0.3 is 10.1 Å². The number of hydrogen-bond donors (Lipinski definition) is 1. The molecular formula is C17H30N2OS. The van der Waals surface area contributed by atoms with Crippen LogP contribution in [0.5, 0.6) is 0 Å². The maximum Gasteiger partial charge on any atom is 0.107 e. The Hall–Kier alpha value is -0.450. The molecule has 21 heavy (non-hydrogen) atoms. The van der Waals surface area contributed by atoms with Gasteiger partial charge in [0.2, 0.25) is 0 Å². The van der Waals surface area contributed by atoms with Crippen molar-refractivity contribution in [2.75, 3.05) is 0 Å². The lowest BCUT2D eigenvalue weighted by Crippen LogP contribution is -2.35. The van der Waals surface area contributed by atoms with Gasteiger partial charge in [-0.2, -0.15) is 0 Å². The summed E-state index contributed by atoms with van der Waals surface area (Å²) in [7, 11) is 0. The van der Waals surface area contributed by atoms with Crippen LogP contribution in [0.1, 0.15) is 64.6 Å². The van der Waals surface area contributed by atoms with Crippen molar-refractivity contribution >= 4 is 11.3 Å². The Morgan fingerprint density at radius 3 is 2.71 bits per heavy atom. The third-order valence-corrected chi connectivity index (χ3v) is 5.28. The normalized spacial score (nSPS) is 27.0. The van der Waals surface area contributed by atoms with Crippen LogP contribution in [0.4, 0.5) is 0 Å². The molecule has 1 N–H and O–H groups in total. The number of nitrogens with one attached hydrogen (secondary N) is 1. The second-order valence-electron chi connectivity index (χ2n) is 7.54. The minimum atomic E-state index is 0.136. The van der Waals surface area contributed by atoms with Crippen molar-refractivity contribution in [2.24, 2.45) is 11.8 Å². The third-order valence-electron chi connectivity index (χ3n) is 4.39. The molecular weight excluding hydrogens is 280 g/mol. The van der Waals surface area contributed by atoms with Crippen LogP contribution in [0.2, 0.25) is 0 Å². The van der Waals surface area contributed by atoms with Crippen LogP contribution >= 0.6 is 11.3 Å². The minimum absolute atomic E-state index is 0.136. The smallest absolute Gasteiger partial charge is 0.107 e. The van der Waals surface area contributed by atoms with Crippen LogP contribution in [0.15, 0.2) is 5.38 Å². The van der Waals surface area contributed by atoms with E-state index in [2.05, 4.69) is 50.3 Å². The Morgan fingerprint density at radius 1 is 1.29 bits per heavy atom. The average Bonchev–Trinajstić information content (AvgIpc) is 2.85. The molecule has 2 rings (SSSR count). The van der Waals surface area contributed by atoms with Crippen LogP contribution in [-0.4, -0.2) is 16.6 Å². The van der Waals surface area contributed by atoms with Crippen LogP contribution in [0, 0.1) is 11.8 Å². The maximum atomic E-state index is 6.07. The van der Waals surface area contributed by atoms with Crippen molar-refractivity contribution in [2.45, 2.75) is 78.7 Å². The summed E-state index contributed by atoms with van der Waals surface area (Å²) >= 11 is 1.72. The highest BCUT2D eigenvalue weighted by Gasteiger charge is 2.25. The third kappa shape index (κ3) is 5.68. The first-order valence-corrected chi connectivity index (χ1v) is 9.01. The lowest BCUT2D eigenvalue weighted by atomic mass is 9.80. The van der Waals surface area contributed by atoms with Gasteiger partial charge in [0.05, 0.1) is 18.4 Å². The molecule has 3 atom stereocenters. The molecule has 3 nitrogen and oxygen atoms in total. The molecule has 1 aliphatic carbocycles. The van der Waals surface area contributed by atoms with E-state index < -0.39 is 0 Å². The molecule has 0 saturated heterocycles. The van der Waals surface area contributed by atoms with Gasteiger partial charge in [-0.25, -0.2) is 4.98 Å². The zero-order valence-electron chi connectivity index (χ0n) is 14.1. The number of thiazole rings is 1. The predicted octanol–water partition coefficient (Wildman–Crippen LogP) is 4.37. The van der Waals surface area contributed by atoms with Crippen LogP contribution < -0.4 is 5.32 Å². The Balaban J connectivity index is 1.75. The summed E-state index contributed by atoms with van der Waals surface area (Å²) < 4.78 is 6.07. The molecule has 1 aromatic heterocycles. The number of nitrogens with zero attached hydrogens (tertiary/aromatic N) is 1. The first-order valence-electron chi connectivity index (χ1n) is 8.13. The quantitative estimate of drug-likeness (QED) is 0.876. The first kappa shape index (κ1) is 16.9. The molecule has 0 spiro atoms.